The van der Waals surface area contributed by atoms with E-state index < -0.39 is 5.97 Å². The molecule has 0 spiro atoms. The minimum Gasteiger partial charge on any atom is -0.480 e. The lowest BCUT2D eigenvalue weighted by molar-refractivity contribution is -0.137. The number of carbonyl (C=O) groups is 1. The maximum absolute atomic E-state index is 12.9. The summed E-state index contributed by atoms with van der Waals surface area (Å²) in [5, 5.41) is 10.6. The number of pyridine rings is 1. The molecule has 3 rings (SSSR count). The zero-order chi connectivity index (χ0) is 16.7. The maximum atomic E-state index is 12.9. The number of benzene rings is 2. The van der Waals surface area contributed by atoms with Gasteiger partial charge in [-0.05, 0) is 30.2 Å². The number of fused-ring (bicyclic) bond motifs is 2. The second kappa shape index (κ2) is 5.87. The van der Waals surface area contributed by atoms with Crippen LogP contribution in [0.1, 0.15) is 12.5 Å². The molecule has 0 amide bonds. The number of halogens is 2. The van der Waals surface area contributed by atoms with Crippen molar-refractivity contribution in [3.63, 3.8) is 0 Å². The molecular formula is C17H13Cl2NO3. The Morgan fingerprint density at radius 1 is 1.22 bits per heavy atom. The van der Waals surface area contributed by atoms with Crippen molar-refractivity contribution in [3.8, 4) is 0 Å². The summed E-state index contributed by atoms with van der Waals surface area (Å²) < 4.78 is 1.54. The van der Waals surface area contributed by atoms with Crippen molar-refractivity contribution in [2.45, 2.75) is 19.9 Å². The van der Waals surface area contributed by atoms with Crippen molar-refractivity contribution >= 4 is 51.0 Å². The van der Waals surface area contributed by atoms with Crippen molar-refractivity contribution in [2.75, 3.05) is 0 Å². The third-order valence-electron chi connectivity index (χ3n) is 3.90. The molecule has 0 aliphatic rings. The molecule has 3 aromatic rings. The Labute approximate surface area is 141 Å². The zero-order valence-corrected chi connectivity index (χ0v) is 13.8. The van der Waals surface area contributed by atoms with Crippen molar-refractivity contribution in [2.24, 2.45) is 0 Å². The summed E-state index contributed by atoms with van der Waals surface area (Å²) in [7, 11) is 0. The van der Waals surface area contributed by atoms with E-state index in [9.17, 15) is 14.7 Å². The van der Waals surface area contributed by atoms with E-state index in [0.717, 1.165) is 5.56 Å². The van der Waals surface area contributed by atoms with Gasteiger partial charge in [0.05, 0.1) is 21.1 Å². The van der Waals surface area contributed by atoms with Crippen LogP contribution in [0, 0.1) is 0 Å². The standard InChI is InChI=1S/C17H13Cl2NO3/c1-2-9-4-3-5-12-14(9)17(23)10-6-7-11(18)15(19)16(10)20(12)8-13(21)22/h3-7H,2,8H2,1H3,(H,21,22). The van der Waals surface area contributed by atoms with Gasteiger partial charge in [0, 0.05) is 10.8 Å². The van der Waals surface area contributed by atoms with Crippen molar-refractivity contribution in [1.82, 2.24) is 4.57 Å². The first-order chi connectivity index (χ1) is 11.0. The molecule has 0 radical (unpaired) electrons. The number of carboxylic acids is 1. The molecule has 0 saturated heterocycles. The van der Waals surface area contributed by atoms with Gasteiger partial charge in [-0.2, -0.15) is 0 Å². The summed E-state index contributed by atoms with van der Waals surface area (Å²) in [6.45, 7) is 1.65. The summed E-state index contributed by atoms with van der Waals surface area (Å²) >= 11 is 12.3. The Morgan fingerprint density at radius 3 is 2.61 bits per heavy atom. The van der Waals surface area contributed by atoms with Crippen LogP contribution in [0.4, 0.5) is 0 Å². The van der Waals surface area contributed by atoms with Crippen LogP contribution in [-0.4, -0.2) is 15.6 Å². The second-order valence-electron chi connectivity index (χ2n) is 5.23. The van der Waals surface area contributed by atoms with Crippen LogP contribution >= 0.6 is 23.2 Å². The Bertz CT molecular complexity index is 1010. The molecule has 0 atom stereocenters. The van der Waals surface area contributed by atoms with Gasteiger partial charge in [0.1, 0.15) is 6.54 Å². The maximum Gasteiger partial charge on any atom is 0.323 e. The fraction of sp³-hybridized carbons (Fsp3) is 0.176. The van der Waals surface area contributed by atoms with E-state index in [0.29, 0.717) is 28.2 Å². The van der Waals surface area contributed by atoms with E-state index in [1.165, 1.54) is 0 Å². The molecule has 6 heteroatoms. The van der Waals surface area contributed by atoms with E-state index >= 15 is 0 Å². The highest BCUT2D eigenvalue weighted by molar-refractivity contribution is 6.45. The minimum atomic E-state index is -1.02. The second-order valence-corrected chi connectivity index (χ2v) is 6.02. The average molecular weight is 350 g/mol. The number of hydrogen-bond donors (Lipinski definition) is 1. The number of rotatable bonds is 3. The highest BCUT2D eigenvalue weighted by Gasteiger charge is 2.18. The molecule has 1 heterocycles. The van der Waals surface area contributed by atoms with Crippen LogP contribution in [0.5, 0.6) is 0 Å². The predicted octanol–water partition coefficient (Wildman–Crippen LogP) is 4.11. The van der Waals surface area contributed by atoms with Gasteiger partial charge in [0.25, 0.3) is 0 Å². The molecular weight excluding hydrogens is 337 g/mol. The van der Waals surface area contributed by atoms with Crippen LogP contribution in [-0.2, 0) is 17.8 Å². The lowest BCUT2D eigenvalue weighted by Gasteiger charge is -2.16. The number of nitrogens with zero attached hydrogens (tertiary/aromatic N) is 1. The first-order valence-electron chi connectivity index (χ1n) is 7.09. The van der Waals surface area contributed by atoms with Crippen LogP contribution in [0.25, 0.3) is 21.8 Å². The van der Waals surface area contributed by atoms with Crippen LogP contribution in [0.2, 0.25) is 10.0 Å². The van der Waals surface area contributed by atoms with Gasteiger partial charge in [0.2, 0.25) is 0 Å². The highest BCUT2D eigenvalue weighted by atomic mass is 35.5. The molecule has 0 bridgehead atoms. The lowest BCUT2D eigenvalue weighted by Crippen LogP contribution is -2.17. The van der Waals surface area contributed by atoms with Crippen molar-refractivity contribution in [1.29, 1.82) is 0 Å². The topological polar surface area (TPSA) is 59.3 Å². The molecule has 0 fully saturated rings. The molecule has 1 aromatic heterocycles. The van der Waals surface area contributed by atoms with Gasteiger partial charge in [0.15, 0.2) is 5.43 Å². The van der Waals surface area contributed by atoms with Crippen LogP contribution in [0.3, 0.4) is 0 Å². The van der Waals surface area contributed by atoms with Crippen molar-refractivity contribution < 1.29 is 9.90 Å². The fourth-order valence-electron chi connectivity index (χ4n) is 2.91. The van der Waals surface area contributed by atoms with Gasteiger partial charge in [-0.3, -0.25) is 9.59 Å². The first kappa shape index (κ1) is 15.8. The van der Waals surface area contributed by atoms with Gasteiger partial charge < -0.3 is 9.67 Å². The third kappa shape index (κ3) is 2.48. The van der Waals surface area contributed by atoms with E-state index in [1.807, 2.05) is 19.1 Å². The predicted molar refractivity (Wildman–Crippen MR) is 92.7 cm³/mol. The van der Waals surface area contributed by atoms with Gasteiger partial charge in [-0.1, -0.05) is 42.3 Å². The summed E-state index contributed by atoms with van der Waals surface area (Å²) in [5.41, 5.74) is 1.62. The largest absolute Gasteiger partial charge is 0.480 e. The number of aliphatic carboxylic acids is 1. The summed E-state index contributed by atoms with van der Waals surface area (Å²) in [6, 6.07) is 8.56. The van der Waals surface area contributed by atoms with Crippen molar-refractivity contribution in [3.05, 3.63) is 56.2 Å². The van der Waals surface area contributed by atoms with Gasteiger partial charge in [-0.25, -0.2) is 0 Å². The van der Waals surface area contributed by atoms with Crippen LogP contribution < -0.4 is 5.43 Å². The molecule has 0 saturated carbocycles. The quantitative estimate of drug-likeness (QED) is 0.724. The normalized spacial score (nSPS) is 11.3. The Hall–Kier alpha value is -2.04. The lowest BCUT2D eigenvalue weighted by atomic mass is 10.0. The Balaban J connectivity index is 2.65. The monoisotopic (exact) mass is 349 g/mol. The van der Waals surface area contributed by atoms with Gasteiger partial charge >= 0.3 is 5.97 Å². The molecule has 23 heavy (non-hydrogen) atoms. The Morgan fingerprint density at radius 2 is 1.96 bits per heavy atom. The zero-order valence-electron chi connectivity index (χ0n) is 12.3. The molecule has 0 aliphatic carbocycles. The number of aromatic nitrogens is 1. The van der Waals surface area contributed by atoms with Gasteiger partial charge in [-0.15, -0.1) is 0 Å². The highest BCUT2D eigenvalue weighted by Crippen LogP contribution is 2.32. The van der Waals surface area contributed by atoms with E-state index in [1.54, 1.807) is 22.8 Å². The molecule has 0 unspecified atom stereocenters. The minimum absolute atomic E-state index is 0.160. The summed E-state index contributed by atoms with van der Waals surface area (Å²) in [4.78, 5) is 24.2. The van der Waals surface area contributed by atoms with E-state index in [4.69, 9.17) is 23.2 Å². The summed E-state index contributed by atoms with van der Waals surface area (Å²) in [5.74, 6) is -1.02. The number of aryl methyl sites for hydroxylation is 1. The molecule has 2 aromatic carbocycles. The molecule has 1 N–H and O–H groups in total. The third-order valence-corrected chi connectivity index (χ3v) is 4.70. The average Bonchev–Trinajstić information content (AvgIpc) is 2.53. The first-order valence-corrected chi connectivity index (χ1v) is 7.85. The fourth-order valence-corrected chi connectivity index (χ4v) is 3.33. The smallest absolute Gasteiger partial charge is 0.323 e. The molecule has 0 aliphatic heterocycles. The molecule has 118 valence electrons. The summed E-state index contributed by atoms with van der Waals surface area (Å²) in [6.07, 6.45) is 0.673. The Kier molecular flexibility index (Phi) is 4.04. The number of hydrogen-bond acceptors (Lipinski definition) is 2. The van der Waals surface area contributed by atoms with E-state index in [2.05, 4.69) is 0 Å². The SMILES string of the molecule is CCc1cccc2c1c(=O)c1ccc(Cl)c(Cl)c1n2CC(=O)O. The molecule has 4 nitrogen and oxygen atoms in total. The van der Waals surface area contributed by atoms with Crippen LogP contribution in [0.15, 0.2) is 35.1 Å². The van der Waals surface area contributed by atoms with E-state index in [-0.39, 0.29) is 22.0 Å². The number of carboxylic acid groups (broad SMARTS) is 1.